The summed E-state index contributed by atoms with van der Waals surface area (Å²) in [6, 6.07) is 3.92. The van der Waals surface area contributed by atoms with Gasteiger partial charge in [0.25, 0.3) is 0 Å². The zero-order valence-corrected chi connectivity index (χ0v) is 14.1. The van der Waals surface area contributed by atoms with Crippen LogP contribution in [0, 0.1) is 5.92 Å². The third kappa shape index (κ3) is 3.60. The molecule has 124 valence electrons. The molecule has 4 rings (SSSR count). The minimum absolute atomic E-state index is 0.426. The van der Waals surface area contributed by atoms with Crippen molar-refractivity contribution in [2.45, 2.75) is 19.6 Å². The molecule has 0 radical (unpaired) electrons. The van der Waals surface area contributed by atoms with Crippen LogP contribution in [0.3, 0.4) is 0 Å². The van der Waals surface area contributed by atoms with Crippen molar-refractivity contribution in [3.63, 3.8) is 0 Å². The van der Waals surface area contributed by atoms with E-state index in [2.05, 4.69) is 41.0 Å². The molecule has 3 aromatic rings. The standard InChI is InChI=1S/C16H19N7S/c1-3-18-16(19-4-1)20-8-13-9-22(12-15-17-6-7-24-15)11-14-2-5-21-23(14)10-13/h1-7,13H,8-12H2,(H,18,19,20)/t13-/m0/s1. The second-order valence-electron chi connectivity index (χ2n) is 5.92. The number of nitrogens with zero attached hydrogens (tertiary/aromatic N) is 6. The van der Waals surface area contributed by atoms with E-state index in [0.29, 0.717) is 11.9 Å². The van der Waals surface area contributed by atoms with E-state index in [-0.39, 0.29) is 0 Å². The summed E-state index contributed by atoms with van der Waals surface area (Å²) in [6.45, 7) is 4.48. The lowest BCUT2D eigenvalue weighted by atomic mass is 10.1. The van der Waals surface area contributed by atoms with Gasteiger partial charge in [0.2, 0.25) is 5.95 Å². The molecule has 8 heteroatoms. The van der Waals surface area contributed by atoms with Gasteiger partial charge in [0.05, 0.1) is 12.2 Å². The van der Waals surface area contributed by atoms with E-state index in [1.54, 1.807) is 23.7 Å². The van der Waals surface area contributed by atoms with E-state index < -0.39 is 0 Å². The SMILES string of the molecule is c1cnc(NC[C@H]2CN(Cc3nccs3)Cc3ccnn3C2)nc1. The van der Waals surface area contributed by atoms with Crippen LogP contribution < -0.4 is 5.32 Å². The molecule has 0 spiro atoms. The van der Waals surface area contributed by atoms with Crippen LogP contribution >= 0.6 is 11.3 Å². The van der Waals surface area contributed by atoms with Gasteiger partial charge in [-0.05, 0) is 12.1 Å². The average Bonchev–Trinajstić information content (AvgIpc) is 3.23. The molecule has 4 heterocycles. The summed E-state index contributed by atoms with van der Waals surface area (Å²) in [6.07, 6.45) is 7.26. The highest BCUT2D eigenvalue weighted by atomic mass is 32.1. The van der Waals surface area contributed by atoms with E-state index >= 15 is 0 Å². The van der Waals surface area contributed by atoms with Crippen LogP contribution in [0.15, 0.2) is 42.3 Å². The summed E-state index contributed by atoms with van der Waals surface area (Å²) >= 11 is 1.71. The predicted molar refractivity (Wildman–Crippen MR) is 92.5 cm³/mol. The molecule has 3 aromatic heterocycles. The van der Waals surface area contributed by atoms with Gasteiger partial charge < -0.3 is 5.32 Å². The molecule has 1 aliphatic rings. The van der Waals surface area contributed by atoms with Crippen molar-refractivity contribution in [2.24, 2.45) is 5.92 Å². The molecule has 1 atom stereocenters. The van der Waals surface area contributed by atoms with Crippen LogP contribution in [0.1, 0.15) is 10.7 Å². The van der Waals surface area contributed by atoms with Crippen LogP contribution in [0.25, 0.3) is 0 Å². The van der Waals surface area contributed by atoms with Crippen LogP contribution in [0.4, 0.5) is 5.95 Å². The lowest BCUT2D eigenvalue weighted by molar-refractivity contribution is 0.225. The maximum Gasteiger partial charge on any atom is 0.222 e. The van der Waals surface area contributed by atoms with Gasteiger partial charge in [0.15, 0.2) is 0 Å². The molecular weight excluding hydrogens is 322 g/mol. The Morgan fingerprint density at radius 1 is 1.12 bits per heavy atom. The van der Waals surface area contributed by atoms with Crippen molar-refractivity contribution in [1.82, 2.24) is 29.6 Å². The highest BCUT2D eigenvalue weighted by molar-refractivity contribution is 7.09. The monoisotopic (exact) mass is 341 g/mol. The van der Waals surface area contributed by atoms with Gasteiger partial charge in [-0.25, -0.2) is 15.0 Å². The Kier molecular flexibility index (Phi) is 4.48. The lowest BCUT2D eigenvalue weighted by Crippen LogP contribution is -2.31. The fourth-order valence-electron chi connectivity index (χ4n) is 3.02. The first-order valence-corrected chi connectivity index (χ1v) is 8.87. The van der Waals surface area contributed by atoms with Gasteiger partial charge in [-0.2, -0.15) is 5.10 Å². The number of hydrogen-bond donors (Lipinski definition) is 1. The van der Waals surface area contributed by atoms with Gasteiger partial charge in [-0.15, -0.1) is 11.3 Å². The van der Waals surface area contributed by atoms with Crippen molar-refractivity contribution in [3.8, 4) is 0 Å². The molecule has 0 aliphatic carbocycles. The van der Waals surface area contributed by atoms with E-state index in [1.165, 1.54) is 5.69 Å². The third-order valence-electron chi connectivity index (χ3n) is 4.09. The quantitative estimate of drug-likeness (QED) is 0.764. The Balaban J connectivity index is 1.46. The Morgan fingerprint density at radius 2 is 2.04 bits per heavy atom. The zero-order chi connectivity index (χ0) is 16.2. The molecule has 7 nitrogen and oxygen atoms in total. The average molecular weight is 341 g/mol. The fourth-order valence-corrected chi connectivity index (χ4v) is 3.68. The third-order valence-corrected chi connectivity index (χ3v) is 4.86. The first kappa shape index (κ1) is 15.2. The van der Waals surface area contributed by atoms with Crippen LogP contribution in [-0.2, 0) is 19.6 Å². The van der Waals surface area contributed by atoms with Crippen LogP contribution in [-0.4, -0.2) is 42.7 Å². The molecular formula is C16H19N7S. The van der Waals surface area contributed by atoms with Crippen molar-refractivity contribution >= 4 is 17.3 Å². The van der Waals surface area contributed by atoms with Crippen molar-refractivity contribution in [3.05, 3.63) is 53.0 Å². The van der Waals surface area contributed by atoms with Gasteiger partial charge in [-0.1, -0.05) is 0 Å². The summed E-state index contributed by atoms with van der Waals surface area (Å²) in [4.78, 5) is 15.3. The number of nitrogens with one attached hydrogen (secondary N) is 1. The van der Waals surface area contributed by atoms with Gasteiger partial charge in [0, 0.05) is 62.3 Å². The van der Waals surface area contributed by atoms with E-state index in [0.717, 1.165) is 37.7 Å². The Hall–Kier alpha value is -2.32. The van der Waals surface area contributed by atoms with Gasteiger partial charge in [0.1, 0.15) is 5.01 Å². The second kappa shape index (κ2) is 7.06. The van der Waals surface area contributed by atoms with Gasteiger partial charge >= 0.3 is 0 Å². The second-order valence-corrected chi connectivity index (χ2v) is 6.90. The molecule has 1 N–H and O–H groups in total. The summed E-state index contributed by atoms with van der Waals surface area (Å²) in [7, 11) is 0. The molecule has 0 saturated heterocycles. The number of fused-ring (bicyclic) bond motifs is 1. The maximum atomic E-state index is 4.47. The van der Waals surface area contributed by atoms with E-state index in [1.807, 2.05) is 23.8 Å². The predicted octanol–water partition coefficient (Wildman–Crippen LogP) is 1.87. The Labute approximate surface area is 144 Å². The normalized spacial score (nSPS) is 18.1. The minimum Gasteiger partial charge on any atom is -0.354 e. The van der Waals surface area contributed by atoms with E-state index in [4.69, 9.17) is 0 Å². The topological polar surface area (TPSA) is 71.8 Å². The Morgan fingerprint density at radius 3 is 2.88 bits per heavy atom. The largest absolute Gasteiger partial charge is 0.354 e. The molecule has 0 unspecified atom stereocenters. The number of rotatable bonds is 5. The van der Waals surface area contributed by atoms with E-state index in [9.17, 15) is 0 Å². The fraction of sp³-hybridized carbons (Fsp3) is 0.375. The molecule has 0 fully saturated rings. The molecule has 0 bridgehead atoms. The highest BCUT2D eigenvalue weighted by Crippen LogP contribution is 2.19. The molecule has 1 aliphatic heterocycles. The number of anilines is 1. The summed E-state index contributed by atoms with van der Waals surface area (Å²) in [5.41, 5.74) is 1.25. The number of thiazole rings is 1. The van der Waals surface area contributed by atoms with Crippen LogP contribution in [0.5, 0.6) is 0 Å². The summed E-state index contributed by atoms with van der Waals surface area (Å²) < 4.78 is 2.11. The number of hydrogen-bond acceptors (Lipinski definition) is 7. The zero-order valence-electron chi connectivity index (χ0n) is 13.2. The van der Waals surface area contributed by atoms with Crippen molar-refractivity contribution in [2.75, 3.05) is 18.4 Å². The molecule has 0 saturated carbocycles. The Bertz CT molecular complexity index is 756. The first-order chi connectivity index (χ1) is 11.9. The first-order valence-electron chi connectivity index (χ1n) is 7.99. The van der Waals surface area contributed by atoms with Crippen molar-refractivity contribution < 1.29 is 0 Å². The smallest absolute Gasteiger partial charge is 0.222 e. The summed E-state index contributed by atoms with van der Waals surface area (Å²) in [5.74, 6) is 1.10. The molecule has 0 amide bonds. The van der Waals surface area contributed by atoms with Crippen molar-refractivity contribution in [1.29, 1.82) is 0 Å². The minimum atomic E-state index is 0.426. The lowest BCUT2D eigenvalue weighted by Gasteiger charge is -2.23. The summed E-state index contributed by atoms with van der Waals surface area (Å²) in [5, 5.41) is 11.0. The molecule has 0 aromatic carbocycles. The molecule has 24 heavy (non-hydrogen) atoms. The highest BCUT2D eigenvalue weighted by Gasteiger charge is 2.23. The van der Waals surface area contributed by atoms with Gasteiger partial charge in [-0.3, -0.25) is 9.58 Å². The maximum absolute atomic E-state index is 4.47. The number of aromatic nitrogens is 5. The van der Waals surface area contributed by atoms with Crippen LogP contribution in [0.2, 0.25) is 0 Å².